The van der Waals surface area contributed by atoms with E-state index in [2.05, 4.69) is 21.2 Å². The van der Waals surface area contributed by atoms with Crippen molar-refractivity contribution in [3.8, 4) is 0 Å². The number of amides is 2. The number of nitrogens with zero attached hydrogens (tertiary/aromatic N) is 2. The fourth-order valence-electron chi connectivity index (χ4n) is 3.61. The van der Waals surface area contributed by atoms with Gasteiger partial charge in [0, 0.05) is 35.6 Å². The second kappa shape index (κ2) is 13.3. The fraction of sp³-hybridized carbons (Fsp3) is 0.440. The number of carbonyl (C=O) groups excluding carboxylic acids is 2. The Morgan fingerprint density at radius 3 is 2.40 bits per heavy atom. The summed E-state index contributed by atoms with van der Waals surface area (Å²) in [5.41, 5.74) is 2.04. The van der Waals surface area contributed by atoms with Crippen LogP contribution < -0.4 is 9.62 Å². The van der Waals surface area contributed by atoms with Gasteiger partial charge in [0.15, 0.2) is 0 Å². The molecule has 0 saturated heterocycles. The molecule has 0 radical (unpaired) electrons. The molecule has 0 saturated carbocycles. The fourth-order valence-corrected chi connectivity index (χ4v) is 5.06. The molecule has 0 aliphatic heterocycles. The predicted octanol–water partition coefficient (Wildman–Crippen LogP) is 4.90. The van der Waals surface area contributed by atoms with Gasteiger partial charge in [-0.3, -0.25) is 13.9 Å². The first-order valence-corrected chi connectivity index (χ1v) is 14.5. The van der Waals surface area contributed by atoms with E-state index in [9.17, 15) is 18.0 Å². The standard InChI is InChI=1S/C25H33BrClN3O4S/c1-5-15-28-25(32)19(3)29(17-20-11-13-21(26)14-12-20)24(31)10-7-16-30(35(4,33)34)23-9-6-8-22(27)18(23)2/h6,8-9,11-14,19H,5,7,10,15-17H2,1-4H3,(H,28,32)/t19-/m1/s1. The molecule has 2 aromatic rings. The highest BCUT2D eigenvalue weighted by atomic mass is 79.9. The molecule has 192 valence electrons. The molecule has 0 unspecified atom stereocenters. The van der Waals surface area contributed by atoms with Gasteiger partial charge in [0.2, 0.25) is 21.8 Å². The van der Waals surface area contributed by atoms with E-state index in [0.717, 1.165) is 22.7 Å². The zero-order valence-corrected chi connectivity index (χ0v) is 23.7. The van der Waals surface area contributed by atoms with Crippen molar-refractivity contribution in [1.29, 1.82) is 0 Å². The van der Waals surface area contributed by atoms with E-state index in [0.29, 0.717) is 22.8 Å². The van der Waals surface area contributed by atoms with E-state index >= 15 is 0 Å². The molecule has 0 aliphatic rings. The third-order valence-electron chi connectivity index (χ3n) is 5.64. The first kappa shape index (κ1) is 29.1. The van der Waals surface area contributed by atoms with Crippen LogP contribution in [0.5, 0.6) is 0 Å². The molecule has 10 heteroatoms. The van der Waals surface area contributed by atoms with Crippen molar-refractivity contribution >= 4 is 55.1 Å². The summed E-state index contributed by atoms with van der Waals surface area (Å²) in [4.78, 5) is 27.5. The lowest BCUT2D eigenvalue weighted by atomic mass is 10.1. The van der Waals surface area contributed by atoms with Gasteiger partial charge in [-0.15, -0.1) is 0 Å². The first-order chi connectivity index (χ1) is 16.5. The van der Waals surface area contributed by atoms with Crippen molar-refractivity contribution in [2.24, 2.45) is 0 Å². The average molecular weight is 587 g/mol. The van der Waals surface area contributed by atoms with Crippen molar-refractivity contribution in [2.45, 2.75) is 52.6 Å². The molecule has 2 rings (SSSR count). The van der Waals surface area contributed by atoms with Crippen LogP contribution in [-0.4, -0.2) is 50.5 Å². The summed E-state index contributed by atoms with van der Waals surface area (Å²) >= 11 is 9.61. The Labute approximate surface area is 222 Å². The molecular weight excluding hydrogens is 554 g/mol. The minimum atomic E-state index is -3.59. The van der Waals surface area contributed by atoms with Crippen LogP contribution in [0.2, 0.25) is 5.02 Å². The molecular formula is C25H33BrClN3O4S. The minimum Gasteiger partial charge on any atom is -0.354 e. The number of nitrogens with one attached hydrogen (secondary N) is 1. The maximum absolute atomic E-state index is 13.3. The summed E-state index contributed by atoms with van der Waals surface area (Å²) in [6.45, 7) is 6.36. The van der Waals surface area contributed by atoms with Crippen LogP contribution in [-0.2, 0) is 26.2 Å². The third kappa shape index (κ3) is 8.51. The summed E-state index contributed by atoms with van der Waals surface area (Å²) in [5.74, 6) is -0.437. The Morgan fingerprint density at radius 1 is 1.14 bits per heavy atom. The Bertz CT molecular complexity index is 1130. The summed E-state index contributed by atoms with van der Waals surface area (Å²) in [7, 11) is -3.59. The van der Waals surface area contributed by atoms with Gasteiger partial charge in [0.05, 0.1) is 11.9 Å². The summed E-state index contributed by atoms with van der Waals surface area (Å²) in [6, 6.07) is 12.0. The van der Waals surface area contributed by atoms with Gasteiger partial charge in [-0.2, -0.15) is 0 Å². The topological polar surface area (TPSA) is 86.8 Å². The van der Waals surface area contributed by atoms with Crippen LogP contribution in [0.4, 0.5) is 5.69 Å². The molecule has 1 atom stereocenters. The number of hydrogen-bond donors (Lipinski definition) is 1. The zero-order valence-electron chi connectivity index (χ0n) is 20.6. The number of halogens is 2. The Hall–Kier alpha value is -2.10. The Balaban J connectivity index is 2.18. The van der Waals surface area contributed by atoms with Crippen molar-refractivity contribution < 1.29 is 18.0 Å². The van der Waals surface area contributed by atoms with Gasteiger partial charge in [-0.25, -0.2) is 8.42 Å². The third-order valence-corrected chi connectivity index (χ3v) is 7.76. The molecule has 2 amide bonds. The summed E-state index contributed by atoms with van der Waals surface area (Å²) in [5, 5.41) is 3.32. The van der Waals surface area contributed by atoms with Crippen LogP contribution in [0.15, 0.2) is 46.9 Å². The van der Waals surface area contributed by atoms with Gasteiger partial charge < -0.3 is 10.2 Å². The number of anilines is 1. The normalized spacial score (nSPS) is 12.2. The quantitative estimate of drug-likeness (QED) is 0.383. The van der Waals surface area contributed by atoms with E-state index in [4.69, 9.17) is 11.6 Å². The average Bonchev–Trinajstić information content (AvgIpc) is 2.80. The van der Waals surface area contributed by atoms with Crippen molar-refractivity contribution in [3.63, 3.8) is 0 Å². The van der Waals surface area contributed by atoms with E-state index in [-0.39, 0.29) is 37.7 Å². The molecule has 0 aromatic heterocycles. The smallest absolute Gasteiger partial charge is 0.242 e. The highest BCUT2D eigenvalue weighted by Gasteiger charge is 2.27. The van der Waals surface area contributed by atoms with Crippen LogP contribution in [0.3, 0.4) is 0 Å². The van der Waals surface area contributed by atoms with E-state index in [1.54, 1.807) is 36.9 Å². The molecule has 2 aromatic carbocycles. The van der Waals surface area contributed by atoms with Gasteiger partial charge in [0.25, 0.3) is 0 Å². The molecule has 1 N–H and O–H groups in total. The van der Waals surface area contributed by atoms with Gasteiger partial charge >= 0.3 is 0 Å². The molecule has 0 heterocycles. The number of hydrogen-bond acceptors (Lipinski definition) is 4. The predicted molar refractivity (Wildman–Crippen MR) is 145 cm³/mol. The van der Waals surface area contributed by atoms with Crippen LogP contribution in [0, 0.1) is 6.92 Å². The van der Waals surface area contributed by atoms with Gasteiger partial charge in [0.1, 0.15) is 6.04 Å². The summed E-state index contributed by atoms with van der Waals surface area (Å²) in [6.07, 6.45) is 2.31. The SMILES string of the molecule is CCCNC(=O)[C@@H](C)N(Cc1ccc(Br)cc1)C(=O)CCCN(c1cccc(Cl)c1C)S(C)(=O)=O. The largest absolute Gasteiger partial charge is 0.354 e. The lowest BCUT2D eigenvalue weighted by molar-refractivity contribution is -0.140. The zero-order chi connectivity index (χ0) is 26.2. The molecule has 7 nitrogen and oxygen atoms in total. The Morgan fingerprint density at radius 2 is 1.80 bits per heavy atom. The number of rotatable bonds is 12. The molecule has 0 spiro atoms. The maximum atomic E-state index is 13.3. The Kier molecular flexibility index (Phi) is 11.0. The lowest BCUT2D eigenvalue weighted by Crippen LogP contribution is -2.47. The minimum absolute atomic E-state index is 0.0908. The van der Waals surface area contributed by atoms with E-state index < -0.39 is 16.1 Å². The molecule has 35 heavy (non-hydrogen) atoms. The number of carbonyl (C=O) groups is 2. The van der Waals surface area contributed by atoms with Crippen LogP contribution >= 0.6 is 27.5 Å². The molecule has 0 bridgehead atoms. The summed E-state index contributed by atoms with van der Waals surface area (Å²) < 4.78 is 27.2. The monoisotopic (exact) mass is 585 g/mol. The highest BCUT2D eigenvalue weighted by Crippen LogP contribution is 2.28. The van der Waals surface area contributed by atoms with Crippen molar-refractivity contribution in [2.75, 3.05) is 23.7 Å². The van der Waals surface area contributed by atoms with Crippen molar-refractivity contribution in [3.05, 3.63) is 63.1 Å². The van der Waals surface area contributed by atoms with Gasteiger partial charge in [-0.1, -0.05) is 52.7 Å². The maximum Gasteiger partial charge on any atom is 0.242 e. The van der Waals surface area contributed by atoms with E-state index in [1.165, 1.54) is 4.31 Å². The second-order valence-electron chi connectivity index (χ2n) is 8.44. The number of sulfonamides is 1. The lowest BCUT2D eigenvalue weighted by Gasteiger charge is -2.29. The van der Waals surface area contributed by atoms with Crippen LogP contribution in [0.1, 0.15) is 44.2 Å². The second-order valence-corrected chi connectivity index (χ2v) is 11.7. The first-order valence-electron chi connectivity index (χ1n) is 11.5. The highest BCUT2D eigenvalue weighted by molar-refractivity contribution is 9.10. The van der Waals surface area contributed by atoms with Crippen molar-refractivity contribution in [1.82, 2.24) is 10.2 Å². The van der Waals surface area contributed by atoms with Gasteiger partial charge in [-0.05, 0) is 62.1 Å². The molecule has 0 aliphatic carbocycles. The molecule has 0 fully saturated rings. The van der Waals surface area contributed by atoms with Crippen LogP contribution in [0.25, 0.3) is 0 Å². The van der Waals surface area contributed by atoms with E-state index in [1.807, 2.05) is 31.2 Å². The number of benzene rings is 2.